The highest BCUT2D eigenvalue weighted by atomic mass is 16.7. The summed E-state index contributed by atoms with van der Waals surface area (Å²) in [6.07, 6.45) is 0.747. The summed E-state index contributed by atoms with van der Waals surface area (Å²) < 4.78 is 18.5. The molecule has 2 N–H and O–H groups in total. The summed E-state index contributed by atoms with van der Waals surface area (Å²) in [4.78, 5) is 0. The molecule has 0 unspecified atom stereocenters. The Balaban J connectivity index is 1.87. The zero-order chi connectivity index (χ0) is 18.0. The molecule has 0 saturated heterocycles. The minimum absolute atomic E-state index is 0.561. The van der Waals surface area contributed by atoms with E-state index in [2.05, 4.69) is 0 Å². The Hall–Kier alpha value is -2.98. The first-order valence-electron chi connectivity index (χ1n) is 8.67. The molecule has 0 spiro atoms. The van der Waals surface area contributed by atoms with Gasteiger partial charge in [-0.05, 0) is 30.7 Å². The summed E-state index contributed by atoms with van der Waals surface area (Å²) in [6.45, 7) is 0.561. The number of hydrogen-bond acceptors (Lipinski definition) is 4. The second-order valence-corrected chi connectivity index (χ2v) is 6.22. The predicted molar refractivity (Wildman–Crippen MR) is 101 cm³/mol. The highest BCUT2D eigenvalue weighted by Crippen LogP contribution is 2.52. The predicted octanol–water partition coefficient (Wildman–Crippen LogP) is 3.87. The zero-order valence-corrected chi connectivity index (χ0v) is 14.6. The van der Waals surface area contributed by atoms with Crippen molar-refractivity contribution in [3.05, 3.63) is 89.5 Å². The van der Waals surface area contributed by atoms with Crippen LogP contribution in [0.5, 0.6) is 17.2 Å². The fourth-order valence-electron chi connectivity index (χ4n) is 3.31. The van der Waals surface area contributed by atoms with Crippen molar-refractivity contribution >= 4 is 0 Å². The highest BCUT2D eigenvalue weighted by molar-refractivity contribution is 5.58. The smallest absolute Gasteiger partial charge is 0.305 e. The van der Waals surface area contributed by atoms with Gasteiger partial charge in [0.2, 0.25) is 5.75 Å². The SMILES string of the molecule is COc1cc(CCN)cc2c1OC(c1ccccc1)(c1ccccc1)O2. The molecular weight excluding hydrogens is 326 g/mol. The van der Waals surface area contributed by atoms with E-state index < -0.39 is 5.79 Å². The molecule has 0 aromatic heterocycles. The van der Waals surface area contributed by atoms with Crippen molar-refractivity contribution in [1.82, 2.24) is 0 Å². The largest absolute Gasteiger partial charge is 0.493 e. The van der Waals surface area contributed by atoms with Gasteiger partial charge in [0.25, 0.3) is 0 Å². The third-order valence-electron chi connectivity index (χ3n) is 4.54. The van der Waals surface area contributed by atoms with E-state index in [1.807, 2.05) is 72.8 Å². The molecule has 0 saturated carbocycles. The van der Waals surface area contributed by atoms with Crippen LogP contribution in [0.25, 0.3) is 0 Å². The van der Waals surface area contributed by atoms with E-state index in [4.69, 9.17) is 19.9 Å². The van der Waals surface area contributed by atoms with Gasteiger partial charge in [-0.15, -0.1) is 0 Å². The van der Waals surface area contributed by atoms with E-state index in [1.54, 1.807) is 7.11 Å². The molecule has 0 atom stereocenters. The Bertz CT molecular complexity index is 855. The quantitative estimate of drug-likeness (QED) is 0.761. The number of methoxy groups -OCH3 is 1. The van der Waals surface area contributed by atoms with Crippen LogP contribution in [0.3, 0.4) is 0 Å². The lowest BCUT2D eigenvalue weighted by Gasteiger charge is -2.28. The molecule has 1 aliphatic heterocycles. The average molecular weight is 347 g/mol. The van der Waals surface area contributed by atoms with Gasteiger partial charge in [0, 0.05) is 11.1 Å². The molecule has 0 radical (unpaired) electrons. The lowest BCUT2D eigenvalue weighted by Crippen LogP contribution is -2.36. The molecule has 26 heavy (non-hydrogen) atoms. The Kier molecular flexibility index (Phi) is 4.27. The topological polar surface area (TPSA) is 53.7 Å². The summed E-state index contributed by atoms with van der Waals surface area (Å²) >= 11 is 0. The van der Waals surface area contributed by atoms with Crippen molar-refractivity contribution in [2.24, 2.45) is 5.73 Å². The highest BCUT2D eigenvalue weighted by Gasteiger charge is 2.46. The summed E-state index contributed by atoms with van der Waals surface area (Å²) in [5.41, 5.74) is 8.62. The molecule has 4 rings (SSSR count). The molecule has 3 aromatic carbocycles. The second-order valence-electron chi connectivity index (χ2n) is 6.22. The molecule has 4 nitrogen and oxygen atoms in total. The van der Waals surface area contributed by atoms with Gasteiger partial charge in [0.1, 0.15) is 0 Å². The van der Waals surface area contributed by atoms with Crippen LogP contribution >= 0.6 is 0 Å². The van der Waals surface area contributed by atoms with Crippen molar-refractivity contribution in [2.45, 2.75) is 12.2 Å². The summed E-state index contributed by atoms with van der Waals surface area (Å²) in [5, 5.41) is 0. The second kappa shape index (κ2) is 6.73. The molecular formula is C22H21NO3. The fraction of sp³-hybridized carbons (Fsp3) is 0.182. The van der Waals surface area contributed by atoms with Crippen LogP contribution in [0.4, 0.5) is 0 Å². The molecule has 0 amide bonds. The van der Waals surface area contributed by atoms with E-state index in [1.165, 1.54) is 0 Å². The number of hydrogen-bond donors (Lipinski definition) is 1. The molecule has 0 fully saturated rings. The molecule has 132 valence electrons. The standard InChI is InChI=1S/C22H21NO3/c1-24-19-14-16(12-13-23)15-20-21(19)26-22(25-20,17-8-4-2-5-9-17)18-10-6-3-7-11-18/h2-11,14-15H,12-13,23H2,1H3. The molecule has 4 heteroatoms. The zero-order valence-electron chi connectivity index (χ0n) is 14.6. The lowest BCUT2D eigenvalue weighted by atomic mass is 9.97. The fourth-order valence-corrected chi connectivity index (χ4v) is 3.31. The Morgan fingerprint density at radius 2 is 1.50 bits per heavy atom. The number of ether oxygens (including phenoxy) is 3. The number of fused-ring (bicyclic) bond motifs is 1. The monoisotopic (exact) mass is 347 g/mol. The molecule has 0 bridgehead atoms. The van der Waals surface area contributed by atoms with E-state index >= 15 is 0 Å². The third-order valence-corrected chi connectivity index (χ3v) is 4.54. The van der Waals surface area contributed by atoms with Gasteiger partial charge in [-0.25, -0.2) is 0 Å². The maximum atomic E-state index is 6.45. The van der Waals surface area contributed by atoms with Gasteiger partial charge >= 0.3 is 5.79 Å². The minimum Gasteiger partial charge on any atom is -0.493 e. The molecule has 1 aliphatic rings. The lowest BCUT2D eigenvalue weighted by molar-refractivity contribution is -0.0467. The minimum atomic E-state index is -1.04. The van der Waals surface area contributed by atoms with E-state index in [-0.39, 0.29) is 0 Å². The van der Waals surface area contributed by atoms with Crippen LogP contribution in [0.2, 0.25) is 0 Å². The molecule has 0 aliphatic carbocycles. The van der Waals surface area contributed by atoms with Gasteiger partial charge in [0.15, 0.2) is 11.5 Å². The summed E-state index contributed by atoms with van der Waals surface area (Å²) in [6, 6.07) is 23.8. The molecule has 1 heterocycles. The average Bonchev–Trinajstić information content (AvgIpc) is 3.10. The van der Waals surface area contributed by atoms with Crippen molar-refractivity contribution in [2.75, 3.05) is 13.7 Å². The number of benzene rings is 3. The normalized spacial score (nSPS) is 14.2. The first-order chi connectivity index (χ1) is 12.8. The van der Waals surface area contributed by atoms with E-state index in [9.17, 15) is 0 Å². The summed E-state index contributed by atoms with van der Waals surface area (Å²) in [7, 11) is 1.64. The Morgan fingerprint density at radius 3 is 2.04 bits per heavy atom. The Morgan fingerprint density at radius 1 is 0.885 bits per heavy atom. The van der Waals surface area contributed by atoms with Crippen LogP contribution in [0, 0.1) is 0 Å². The van der Waals surface area contributed by atoms with Gasteiger partial charge in [-0.2, -0.15) is 0 Å². The molecule has 3 aromatic rings. The third kappa shape index (κ3) is 2.68. The van der Waals surface area contributed by atoms with Gasteiger partial charge in [-0.3, -0.25) is 0 Å². The van der Waals surface area contributed by atoms with Crippen LogP contribution in [0.15, 0.2) is 72.8 Å². The van der Waals surface area contributed by atoms with Crippen molar-refractivity contribution in [3.8, 4) is 17.2 Å². The number of rotatable bonds is 5. The van der Waals surface area contributed by atoms with Crippen LogP contribution < -0.4 is 19.9 Å². The van der Waals surface area contributed by atoms with Crippen molar-refractivity contribution in [3.63, 3.8) is 0 Å². The van der Waals surface area contributed by atoms with Gasteiger partial charge in [-0.1, -0.05) is 60.7 Å². The maximum Gasteiger partial charge on any atom is 0.305 e. The van der Waals surface area contributed by atoms with Gasteiger partial charge < -0.3 is 19.9 Å². The Labute approximate surface area is 153 Å². The van der Waals surface area contributed by atoms with Crippen LogP contribution in [0.1, 0.15) is 16.7 Å². The van der Waals surface area contributed by atoms with E-state index in [0.717, 1.165) is 23.1 Å². The van der Waals surface area contributed by atoms with Crippen molar-refractivity contribution in [1.29, 1.82) is 0 Å². The first-order valence-corrected chi connectivity index (χ1v) is 8.67. The summed E-state index contributed by atoms with van der Waals surface area (Å²) in [5.74, 6) is 0.889. The van der Waals surface area contributed by atoms with Crippen LogP contribution in [-0.4, -0.2) is 13.7 Å². The first kappa shape index (κ1) is 16.5. The van der Waals surface area contributed by atoms with E-state index in [0.29, 0.717) is 23.8 Å². The maximum absolute atomic E-state index is 6.45. The van der Waals surface area contributed by atoms with Gasteiger partial charge in [0.05, 0.1) is 7.11 Å². The number of nitrogens with two attached hydrogens (primary N) is 1. The van der Waals surface area contributed by atoms with Crippen LogP contribution in [-0.2, 0) is 12.2 Å². The van der Waals surface area contributed by atoms with Crippen molar-refractivity contribution < 1.29 is 14.2 Å².